The van der Waals surface area contributed by atoms with Crippen molar-refractivity contribution >= 4 is 11.9 Å². The van der Waals surface area contributed by atoms with Crippen molar-refractivity contribution in [2.24, 2.45) is 0 Å². The van der Waals surface area contributed by atoms with Crippen LogP contribution in [0.2, 0.25) is 0 Å². The van der Waals surface area contributed by atoms with E-state index in [4.69, 9.17) is 0 Å². The summed E-state index contributed by atoms with van der Waals surface area (Å²) in [4.78, 5) is 31.7. The Balaban J connectivity index is 1.78. The number of likely N-dealkylation sites (N-methyl/N-ethyl adjacent to an activating group) is 1. The molecule has 6 heteroatoms. The first-order valence-electron chi connectivity index (χ1n) is 7.68. The second-order valence-corrected chi connectivity index (χ2v) is 5.98. The zero-order valence-corrected chi connectivity index (χ0v) is 13.5. The Kier molecular flexibility index (Phi) is 5.35. The first kappa shape index (κ1) is 16.3. The molecule has 1 aromatic rings. The second-order valence-electron chi connectivity index (χ2n) is 5.98. The van der Waals surface area contributed by atoms with Crippen LogP contribution in [0, 0.1) is 0 Å². The Labute approximate surface area is 131 Å². The highest BCUT2D eigenvalue weighted by Gasteiger charge is 2.32. The summed E-state index contributed by atoms with van der Waals surface area (Å²) >= 11 is 0. The molecule has 0 saturated carbocycles. The number of urea groups is 1. The minimum Gasteiger partial charge on any atom is -0.338 e. The monoisotopic (exact) mass is 304 g/mol. The summed E-state index contributed by atoms with van der Waals surface area (Å²) in [5.74, 6) is 0.108. The third-order valence-corrected chi connectivity index (χ3v) is 3.89. The van der Waals surface area contributed by atoms with Gasteiger partial charge in [-0.15, -0.1) is 0 Å². The molecule has 2 heterocycles. The van der Waals surface area contributed by atoms with Gasteiger partial charge in [0.05, 0.1) is 6.04 Å². The van der Waals surface area contributed by atoms with Crippen LogP contribution in [0.5, 0.6) is 0 Å². The lowest BCUT2D eigenvalue weighted by Gasteiger charge is -2.23. The first-order chi connectivity index (χ1) is 10.5. The van der Waals surface area contributed by atoms with Gasteiger partial charge in [-0.3, -0.25) is 9.78 Å². The molecule has 120 valence electrons. The van der Waals surface area contributed by atoms with Gasteiger partial charge in [0, 0.05) is 50.9 Å². The Morgan fingerprint density at radius 3 is 2.86 bits per heavy atom. The highest BCUT2D eigenvalue weighted by molar-refractivity contribution is 5.81. The van der Waals surface area contributed by atoms with Crippen LogP contribution in [-0.4, -0.2) is 58.9 Å². The molecule has 1 saturated heterocycles. The van der Waals surface area contributed by atoms with E-state index in [1.165, 1.54) is 0 Å². The topological polar surface area (TPSA) is 65.5 Å². The maximum Gasteiger partial charge on any atom is 0.317 e. The minimum atomic E-state index is -0.140. The Morgan fingerprint density at radius 1 is 1.50 bits per heavy atom. The zero-order valence-electron chi connectivity index (χ0n) is 13.5. The predicted molar refractivity (Wildman–Crippen MR) is 84.4 cm³/mol. The van der Waals surface area contributed by atoms with Crippen molar-refractivity contribution < 1.29 is 9.59 Å². The van der Waals surface area contributed by atoms with Crippen molar-refractivity contribution in [3.63, 3.8) is 0 Å². The van der Waals surface area contributed by atoms with E-state index in [0.29, 0.717) is 25.9 Å². The zero-order chi connectivity index (χ0) is 16.1. The molecule has 0 bridgehead atoms. The van der Waals surface area contributed by atoms with Crippen LogP contribution < -0.4 is 5.32 Å². The lowest BCUT2D eigenvalue weighted by Crippen LogP contribution is -2.45. The van der Waals surface area contributed by atoms with E-state index in [0.717, 1.165) is 5.69 Å². The van der Waals surface area contributed by atoms with Crippen LogP contribution in [0.1, 0.15) is 26.0 Å². The van der Waals surface area contributed by atoms with Gasteiger partial charge in [0.1, 0.15) is 0 Å². The molecule has 1 aliphatic heterocycles. The number of aromatic nitrogens is 1. The summed E-state index contributed by atoms with van der Waals surface area (Å²) < 4.78 is 0. The van der Waals surface area contributed by atoms with Gasteiger partial charge in [0.15, 0.2) is 0 Å². The van der Waals surface area contributed by atoms with Crippen molar-refractivity contribution in [3.05, 3.63) is 30.1 Å². The Bertz CT molecular complexity index is 518. The molecule has 0 spiro atoms. The van der Waals surface area contributed by atoms with Gasteiger partial charge in [-0.05, 0) is 26.0 Å². The largest absolute Gasteiger partial charge is 0.338 e. The Hall–Kier alpha value is -2.11. The fourth-order valence-electron chi connectivity index (χ4n) is 2.54. The van der Waals surface area contributed by atoms with E-state index in [-0.39, 0.29) is 24.0 Å². The molecule has 1 aliphatic rings. The standard InChI is InChI=1S/C16H24N4O2/c1-12(2)20-11-14(10-15(20)21)18-16(22)19(3)9-7-13-6-4-5-8-17-13/h4-6,8,12,14H,7,9-11H2,1-3H3,(H,18,22). The van der Waals surface area contributed by atoms with E-state index in [1.54, 1.807) is 23.0 Å². The van der Waals surface area contributed by atoms with Crippen molar-refractivity contribution in [2.45, 2.75) is 38.8 Å². The smallest absolute Gasteiger partial charge is 0.317 e. The average Bonchev–Trinajstić information content (AvgIpc) is 2.86. The van der Waals surface area contributed by atoms with Gasteiger partial charge in [-0.2, -0.15) is 0 Å². The molecule has 6 nitrogen and oxygen atoms in total. The molecular weight excluding hydrogens is 280 g/mol. The number of hydrogen-bond donors (Lipinski definition) is 1. The van der Waals surface area contributed by atoms with Crippen LogP contribution in [0.25, 0.3) is 0 Å². The number of likely N-dealkylation sites (tertiary alicyclic amines) is 1. The molecule has 3 amide bonds. The van der Waals surface area contributed by atoms with E-state index < -0.39 is 0 Å². The second kappa shape index (κ2) is 7.24. The summed E-state index contributed by atoms with van der Waals surface area (Å²) in [6, 6.07) is 5.70. The van der Waals surface area contributed by atoms with E-state index in [2.05, 4.69) is 10.3 Å². The SMILES string of the molecule is CC(C)N1CC(NC(=O)N(C)CCc2ccccn2)CC1=O. The molecule has 0 radical (unpaired) electrons. The van der Waals surface area contributed by atoms with Gasteiger partial charge in [0.25, 0.3) is 0 Å². The Morgan fingerprint density at radius 2 is 2.27 bits per heavy atom. The summed E-state index contributed by atoms with van der Waals surface area (Å²) in [6.45, 7) is 5.16. The predicted octanol–water partition coefficient (Wildman–Crippen LogP) is 1.27. The van der Waals surface area contributed by atoms with E-state index >= 15 is 0 Å². The summed E-state index contributed by atoms with van der Waals surface area (Å²) in [5.41, 5.74) is 0.962. The van der Waals surface area contributed by atoms with Crippen LogP contribution in [0.4, 0.5) is 4.79 Å². The maximum absolute atomic E-state index is 12.2. The molecule has 22 heavy (non-hydrogen) atoms. The number of amides is 3. The maximum atomic E-state index is 12.2. The van der Waals surface area contributed by atoms with Crippen molar-refractivity contribution in [1.82, 2.24) is 20.1 Å². The van der Waals surface area contributed by atoms with Gasteiger partial charge < -0.3 is 15.1 Å². The number of nitrogens with zero attached hydrogens (tertiary/aromatic N) is 3. The highest BCUT2D eigenvalue weighted by atomic mass is 16.2. The quantitative estimate of drug-likeness (QED) is 0.891. The highest BCUT2D eigenvalue weighted by Crippen LogP contribution is 2.14. The summed E-state index contributed by atoms with van der Waals surface area (Å²) in [5, 5.41) is 2.93. The van der Waals surface area contributed by atoms with Gasteiger partial charge in [-0.1, -0.05) is 6.07 Å². The molecule has 1 fully saturated rings. The van der Waals surface area contributed by atoms with Crippen LogP contribution in [0.3, 0.4) is 0 Å². The molecule has 1 atom stereocenters. The molecule has 0 aliphatic carbocycles. The van der Waals surface area contributed by atoms with Crippen LogP contribution >= 0.6 is 0 Å². The first-order valence-corrected chi connectivity index (χ1v) is 7.68. The van der Waals surface area contributed by atoms with Crippen LogP contribution in [0.15, 0.2) is 24.4 Å². The molecule has 1 N–H and O–H groups in total. The molecule has 0 aromatic carbocycles. The summed E-state index contributed by atoms with van der Waals surface area (Å²) in [6.07, 6.45) is 2.85. The molecule has 1 aromatic heterocycles. The van der Waals surface area contributed by atoms with E-state index in [1.807, 2.05) is 32.0 Å². The van der Waals surface area contributed by atoms with Gasteiger partial charge in [0.2, 0.25) is 5.91 Å². The fraction of sp³-hybridized carbons (Fsp3) is 0.562. The fourth-order valence-corrected chi connectivity index (χ4v) is 2.54. The number of pyridine rings is 1. The number of carbonyl (C=O) groups is 2. The molecule has 2 rings (SSSR count). The lowest BCUT2D eigenvalue weighted by atomic mass is 10.2. The normalized spacial score (nSPS) is 17.9. The van der Waals surface area contributed by atoms with E-state index in [9.17, 15) is 9.59 Å². The van der Waals surface area contributed by atoms with Gasteiger partial charge >= 0.3 is 6.03 Å². The van der Waals surface area contributed by atoms with Crippen LogP contribution in [-0.2, 0) is 11.2 Å². The van der Waals surface area contributed by atoms with Crippen molar-refractivity contribution in [2.75, 3.05) is 20.1 Å². The average molecular weight is 304 g/mol. The molecular formula is C16H24N4O2. The van der Waals surface area contributed by atoms with Crippen molar-refractivity contribution in [1.29, 1.82) is 0 Å². The third kappa shape index (κ3) is 4.19. The number of hydrogen-bond acceptors (Lipinski definition) is 3. The lowest BCUT2D eigenvalue weighted by molar-refractivity contribution is -0.129. The number of nitrogens with one attached hydrogen (secondary N) is 1. The number of carbonyl (C=O) groups excluding carboxylic acids is 2. The van der Waals surface area contributed by atoms with Crippen molar-refractivity contribution in [3.8, 4) is 0 Å². The summed E-state index contributed by atoms with van der Waals surface area (Å²) in [7, 11) is 1.76. The third-order valence-electron chi connectivity index (χ3n) is 3.89. The minimum absolute atomic E-state index is 0.0975. The van der Waals surface area contributed by atoms with Gasteiger partial charge in [-0.25, -0.2) is 4.79 Å². The number of rotatable bonds is 5. The molecule has 1 unspecified atom stereocenters.